The zero-order valence-corrected chi connectivity index (χ0v) is 10.1. The van der Waals surface area contributed by atoms with Crippen molar-refractivity contribution in [2.45, 2.75) is 46.2 Å². The highest BCUT2D eigenvalue weighted by molar-refractivity contribution is 5.30. The molecule has 1 aromatic heterocycles. The van der Waals surface area contributed by atoms with Gasteiger partial charge < -0.3 is 5.73 Å². The molecule has 0 saturated heterocycles. The first-order chi connectivity index (χ1) is 6.93. The Bertz CT molecular complexity index is 352. The van der Waals surface area contributed by atoms with E-state index in [1.807, 2.05) is 10.9 Å². The van der Waals surface area contributed by atoms with Crippen LogP contribution in [0.2, 0.25) is 0 Å². The first kappa shape index (κ1) is 10.7. The molecule has 0 aliphatic heterocycles. The Balaban J connectivity index is 2.09. The van der Waals surface area contributed by atoms with E-state index in [4.69, 9.17) is 5.73 Å². The maximum atomic E-state index is 6.05. The van der Waals surface area contributed by atoms with Crippen molar-refractivity contribution in [2.75, 3.05) is 0 Å². The zero-order chi connectivity index (χ0) is 11.2. The van der Waals surface area contributed by atoms with Gasteiger partial charge in [-0.25, -0.2) is 0 Å². The summed E-state index contributed by atoms with van der Waals surface area (Å²) in [7, 11) is 0. The lowest BCUT2D eigenvalue weighted by Crippen LogP contribution is -2.06. The Kier molecular flexibility index (Phi) is 2.38. The van der Waals surface area contributed by atoms with Crippen LogP contribution in [0.25, 0.3) is 0 Å². The summed E-state index contributed by atoms with van der Waals surface area (Å²) in [5.41, 5.74) is 7.60. The zero-order valence-electron chi connectivity index (χ0n) is 10.1. The standard InChI is InChI=1S/C12H21N3/c1-8(2)6-15-7-9(5-14-15)10-11(13)12(10,3)4/h5,7-8,10-11H,6,13H2,1-4H3/t10-,11-/m1/s1. The van der Waals surface area contributed by atoms with Crippen LogP contribution in [0.5, 0.6) is 0 Å². The third-order valence-electron chi connectivity index (χ3n) is 3.48. The molecule has 0 aromatic carbocycles. The van der Waals surface area contributed by atoms with Crippen LogP contribution in [-0.2, 0) is 6.54 Å². The largest absolute Gasteiger partial charge is 0.327 e. The van der Waals surface area contributed by atoms with Gasteiger partial charge in [-0.3, -0.25) is 4.68 Å². The monoisotopic (exact) mass is 207 g/mol. The maximum absolute atomic E-state index is 6.05. The molecule has 0 unspecified atom stereocenters. The van der Waals surface area contributed by atoms with Crippen molar-refractivity contribution in [3.63, 3.8) is 0 Å². The van der Waals surface area contributed by atoms with E-state index in [9.17, 15) is 0 Å². The van der Waals surface area contributed by atoms with Crippen molar-refractivity contribution < 1.29 is 0 Å². The average Bonchev–Trinajstić information content (AvgIpc) is 2.46. The van der Waals surface area contributed by atoms with Crippen molar-refractivity contribution in [3.05, 3.63) is 18.0 Å². The second-order valence-corrected chi connectivity index (χ2v) is 5.71. The van der Waals surface area contributed by atoms with Crippen molar-refractivity contribution in [2.24, 2.45) is 17.1 Å². The molecular weight excluding hydrogens is 186 g/mol. The summed E-state index contributed by atoms with van der Waals surface area (Å²) in [4.78, 5) is 0. The number of hydrogen-bond donors (Lipinski definition) is 1. The van der Waals surface area contributed by atoms with Gasteiger partial charge in [0.05, 0.1) is 6.20 Å². The number of aromatic nitrogens is 2. The molecule has 3 heteroatoms. The van der Waals surface area contributed by atoms with Gasteiger partial charge in [0.1, 0.15) is 0 Å². The number of hydrogen-bond acceptors (Lipinski definition) is 2. The topological polar surface area (TPSA) is 43.8 Å². The first-order valence-electron chi connectivity index (χ1n) is 5.71. The summed E-state index contributed by atoms with van der Waals surface area (Å²) in [5, 5.41) is 4.38. The van der Waals surface area contributed by atoms with Crippen LogP contribution >= 0.6 is 0 Å². The highest BCUT2D eigenvalue weighted by Gasteiger charge is 2.56. The van der Waals surface area contributed by atoms with Crippen LogP contribution in [0.4, 0.5) is 0 Å². The lowest BCUT2D eigenvalue weighted by atomic mass is 10.1. The van der Waals surface area contributed by atoms with E-state index >= 15 is 0 Å². The van der Waals surface area contributed by atoms with E-state index < -0.39 is 0 Å². The van der Waals surface area contributed by atoms with Gasteiger partial charge in [0.15, 0.2) is 0 Å². The van der Waals surface area contributed by atoms with Crippen molar-refractivity contribution in [1.82, 2.24) is 9.78 Å². The molecule has 1 heterocycles. The molecule has 1 aromatic rings. The lowest BCUT2D eigenvalue weighted by Gasteiger charge is -2.03. The molecule has 3 nitrogen and oxygen atoms in total. The Morgan fingerprint density at radius 3 is 2.60 bits per heavy atom. The van der Waals surface area contributed by atoms with Crippen molar-refractivity contribution in [1.29, 1.82) is 0 Å². The first-order valence-corrected chi connectivity index (χ1v) is 5.71. The van der Waals surface area contributed by atoms with Gasteiger partial charge in [-0.15, -0.1) is 0 Å². The van der Waals surface area contributed by atoms with Gasteiger partial charge in [-0.1, -0.05) is 27.7 Å². The van der Waals surface area contributed by atoms with Gasteiger partial charge >= 0.3 is 0 Å². The summed E-state index contributed by atoms with van der Waals surface area (Å²) in [6, 6.07) is 0.300. The van der Waals surface area contributed by atoms with Crippen LogP contribution < -0.4 is 5.73 Å². The molecule has 1 aliphatic rings. The molecule has 2 atom stereocenters. The SMILES string of the molecule is CC(C)Cn1cc([C@@H]2[C@@H](N)C2(C)C)cn1. The van der Waals surface area contributed by atoms with Gasteiger partial charge in [0.2, 0.25) is 0 Å². The Morgan fingerprint density at radius 2 is 2.13 bits per heavy atom. The van der Waals surface area contributed by atoms with E-state index in [-0.39, 0.29) is 5.41 Å². The van der Waals surface area contributed by atoms with E-state index in [1.165, 1.54) is 5.56 Å². The van der Waals surface area contributed by atoms with Crippen LogP contribution in [0.1, 0.15) is 39.2 Å². The molecule has 0 radical (unpaired) electrons. The van der Waals surface area contributed by atoms with Crippen LogP contribution in [0, 0.1) is 11.3 Å². The number of nitrogens with zero attached hydrogens (tertiary/aromatic N) is 2. The van der Waals surface area contributed by atoms with Gasteiger partial charge in [0, 0.05) is 24.7 Å². The summed E-state index contributed by atoms with van der Waals surface area (Å²) >= 11 is 0. The maximum Gasteiger partial charge on any atom is 0.0525 e. The predicted octanol–water partition coefficient (Wildman–Crippen LogP) is 1.99. The molecule has 84 valence electrons. The molecule has 1 aliphatic carbocycles. The van der Waals surface area contributed by atoms with Gasteiger partial charge in [-0.2, -0.15) is 5.10 Å². The highest BCUT2D eigenvalue weighted by atomic mass is 15.3. The van der Waals surface area contributed by atoms with Crippen LogP contribution in [0.3, 0.4) is 0 Å². The van der Waals surface area contributed by atoms with Crippen molar-refractivity contribution in [3.8, 4) is 0 Å². The molecule has 1 fully saturated rings. The molecule has 0 spiro atoms. The Labute approximate surface area is 91.7 Å². The summed E-state index contributed by atoms with van der Waals surface area (Å²) in [6.45, 7) is 9.84. The predicted molar refractivity (Wildman–Crippen MR) is 61.6 cm³/mol. The second-order valence-electron chi connectivity index (χ2n) is 5.71. The quantitative estimate of drug-likeness (QED) is 0.823. The van der Waals surface area contributed by atoms with Crippen molar-refractivity contribution >= 4 is 0 Å². The Hall–Kier alpha value is -0.830. The lowest BCUT2D eigenvalue weighted by molar-refractivity contribution is 0.482. The minimum atomic E-state index is 0.256. The van der Waals surface area contributed by atoms with Crippen LogP contribution in [-0.4, -0.2) is 15.8 Å². The minimum absolute atomic E-state index is 0.256. The van der Waals surface area contributed by atoms with Gasteiger partial charge in [-0.05, 0) is 16.9 Å². The molecule has 0 amide bonds. The summed E-state index contributed by atoms with van der Waals surface area (Å²) < 4.78 is 2.03. The molecule has 15 heavy (non-hydrogen) atoms. The van der Waals surface area contributed by atoms with Gasteiger partial charge in [0.25, 0.3) is 0 Å². The van der Waals surface area contributed by atoms with Crippen LogP contribution in [0.15, 0.2) is 12.4 Å². The molecular formula is C12H21N3. The molecule has 2 N–H and O–H groups in total. The molecule has 2 rings (SSSR count). The summed E-state index contributed by atoms with van der Waals surface area (Å²) in [5.74, 6) is 1.14. The minimum Gasteiger partial charge on any atom is -0.327 e. The fraction of sp³-hybridized carbons (Fsp3) is 0.750. The Morgan fingerprint density at radius 1 is 1.53 bits per heavy atom. The normalized spacial score (nSPS) is 28.4. The van der Waals surface area contributed by atoms with E-state index in [0.717, 1.165) is 6.54 Å². The number of nitrogens with two attached hydrogens (primary N) is 1. The molecule has 0 bridgehead atoms. The number of rotatable bonds is 3. The smallest absolute Gasteiger partial charge is 0.0525 e. The fourth-order valence-corrected chi connectivity index (χ4v) is 2.33. The second kappa shape index (κ2) is 3.34. The van der Waals surface area contributed by atoms with E-state index in [2.05, 4.69) is 39.0 Å². The third kappa shape index (κ3) is 1.81. The average molecular weight is 207 g/mol. The third-order valence-corrected chi connectivity index (χ3v) is 3.48. The van der Waals surface area contributed by atoms with E-state index in [1.54, 1.807) is 0 Å². The fourth-order valence-electron chi connectivity index (χ4n) is 2.33. The van der Waals surface area contributed by atoms with E-state index in [0.29, 0.717) is 17.9 Å². The summed E-state index contributed by atoms with van der Waals surface area (Å²) in [6.07, 6.45) is 4.13. The highest BCUT2D eigenvalue weighted by Crippen LogP contribution is 2.57. The molecule has 1 saturated carbocycles.